The topological polar surface area (TPSA) is 384 Å². The number of alkyl carbamates (subject to hydrolysis) is 1. The van der Waals surface area contributed by atoms with E-state index in [4.69, 9.17) is 75.8 Å². The third-order valence-corrected chi connectivity index (χ3v) is 11.5. The third kappa shape index (κ3) is 41.8. The maximum Gasteiger partial charge on any atom is 0.407 e. The van der Waals surface area contributed by atoms with Crippen LogP contribution in [0.4, 0.5) is 4.79 Å². The van der Waals surface area contributed by atoms with Gasteiger partial charge in [0, 0.05) is 32.2 Å². The van der Waals surface area contributed by atoms with Gasteiger partial charge in [0.15, 0.2) is 0 Å². The smallest absolute Gasteiger partial charge is 0.407 e. The predicted molar refractivity (Wildman–Crippen MR) is 298 cm³/mol. The SMILES string of the molecule is COC(=O)CCOCC(COCCC(=O)OC)(COCCC(=O)OC)NC(=O)CCOCC(COCCC(C)=O)(COCCC(=O)NC(COCCC(=O)OC)(COCCC(=O)OC)COCCC(=O)OC)NC(=O)CCCNC(=O)OC(C)(C)C. The molecule has 0 radical (unpaired) electrons. The zero-order chi connectivity index (χ0) is 64.7. The molecule has 4 amide bonds. The average Bonchev–Trinajstić information content (AvgIpc) is 3.40. The summed E-state index contributed by atoms with van der Waals surface area (Å²) in [6.45, 7) is 2.18. The van der Waals surface area contributed by atoms with Gasteiger partial charge in [0.1, 0.15) is 28.0 Å². The van der Waals surface area contributed by atoms with Gasteiger partial charge in [-0.25, -0.2) is 4.79 Å². The lowest BCUT2D eigenvalue weighted by molar-refractivity contribution is -0.145. The maximum atomic E-state index is 13.9. The van der Waals surface area contributed by atoms with Crippen LogP contribution in [0.15, 0.2) is 0 Å². The molecule has 0 spiro atoms. The summed E-state index contributed by atoms with van der Waals surface area (Å²) in [5.74, 6) is -5.39. The number of hydrogen-bond acceptors (Lipinski definition) is 27. The molecule has 0 unspecified atom stereocenters. The Morgan fingerprint density at radius 2 is 0.535 bits per heavy atom. The largest absolute Gasteiger partial charge is 0.469 e. The Hall–Kier alpha value is -6.19. The van der Waals surface area contributed by atoms with Gasteiger partial charge in [0.2, 0.25) is 17.7 Å². The number of carbonyl (C=O) groups is 11. The van der Waals surface area contributed by atoms with Gasteiger partial charge in [0.25, 0.3) is 0 Å². The molecule has 0 aromatic heterocycles. The van der Waals surface area contributed by atoms with E-state index >= 15 is 0 Å². The molecule has 0 rings (SSSR count). The molecule has 496 valence electrons. The molecule has 0 fully saturated rings. The number of nitrogens with one attached hydrogen (secondary N) is 4. The number of ketones is 1. The van der Waals surface area contributed by atoms with Crippen LogP contribution in [0.25, 0.3) is 0 Å². The monoisotopic (exact) mass is 1240 g/mol. The van der Waals surface area contributed by atoms with Crippen molar-refractivity contribution >= 4 is 65.4 Å². The van der Waals surface area contributed by atoms with Crippen LogP contribution in [0.2, 0.25) is 0 Å². The van der Waals surface area contributed by atoms with Gasteiger partial charge < -0.3 is 97.1 Å². The van der Waals surface area contributed by atoms with E-state index in [0.717, 1.165) is 0 Å². The molecule has 0 aromatic carbocycles. The molecule has 31 heteroatoms. The molecule has 0 aliphatic heterocycles. The highest BCUT2D eigenvalue weighted by Gasteiger charge is 2.37. The molecule has 0 aliphatic rings. The highest BCUT2D eigenvalue weighted by Crippen LogP contribution is 2.16. The molecule has 86 heavy (non-hydrogen) atoms. The summed E-state index contributed by atoms with van der Waals surface area (Å²) in [6, 6.07) is 0. The lowest BCUT2D eigenvalue weighted by atomic mass is 10.0. The summed E-state index contributed by atoms with van der Waals surface area (Å²) in [4.78, 5) is 137. The lowest BCUT2D eigenvalue weighted by Gasteiger charge is -2.35. The molecule has 0 heterocycles. The highest BCUT2D eigenvalue weighted by molar-refractivity contribution is 5.78. The molecule has 31 nitrogen and oxygen atoms in total. The molecule has 4 N–H and O–H groups in total. The number of methoxy groups -OCH3 is 6. The lowest BCUT2D eigenvalue weighted by Crippen LogP contribution is -2.59. The second kappa shape index (κ2) is 47.0. The van der Waals surface area contributed by atoms with Crippen LogP contribution < -0.4 is 21.3 Å². The van der Waals surface area contributed by atoms with Gasteiger partial charge in [-0.05, 0) is 34.1 Å². The summed E-state index contributed by atoms with van der Waals surface area (Å²) in [5.41, 5.74) is -5.31. The maximum absolute atomic E-state index is 13.9. The van der Waals surface area contributed by atoms with Crippen molar-refractivity contribution in [1.29, 1.82) is 0 Å². The number of carbonyl (C=O) groups excluding carboxylic acids is 11. The minimum Gasteiger partial charge on any atom is -0.469 e. The van der Waals surface area contributed by atoms with Crippen molar-refractivity contribution in [1.82, 2.24) is 21.3 Å². The summed E-state index contributed by atoms with van der Waals surface area (Å²) in [7, 11) is 7.25. The molecule has 0 aliphatic carbocycles. The summed E-state index contributed by atoms with van der Waals surface area (Å²) in [5, 5.41) is 11.2. The van der Waals surface area contributed by atoms with Crippen molar-refractivity contribution in [3.05, 3.63) is 0 Å². The van der Waals surface area contributed by atoms with Gasteiger partial charge in [-0.1, -0.05) is 0 Å². The van der Waals surface area contributed by atoms with E-state index in [2.05, 4.69) is 21.3 Å². The van der Waals surface area contributed by atoms with Crippen molar-refractivity contribution in [3.8, 4) is 0 Å². The fourth-order valence-electron chi connectivity index (χ4n) is 7.03. The van der Waals surface area contributed by atoms with Crippen LogP contribution in [0.1, 0.15) is 98.3 Å². The van der Waals surface area contributed by atoms with E-state index in [1.165, 1.54) is 49.6 Å². The Kier molecular flexibility index (Phi) is 43.6. The number of amides is 4. The summed E-state index contributed by atoms with van der Waals surface area (Å²) < 4.78 is 86.4. The Morgan fingerprint density at radius 1 is 0.314 bits per heavy atom. The van der Waals surface area contributed by atoms with E-state index in [1.54, 1.807) is 20.8 Å². The molecule has 0 saturated heterocycles. The van der Waals surface area contributed by atoms with Gasteiger partial charge in [0.05, 0.1) is 200 Å². The summed E-state index contributed by atoms with van der Waals surface area (Å²) >= 11 is 0. The van der Waals surface area contributed by atoms with Crippen LogP contribution in [-0.2, 0) is 124 Å². The fraction of sp³-hybridized carbons (Fsp3) is 0.800. The number of esters is 6. The molecule has 0 atom stereocenters. The zero-order valence-corrected chi connectivity index (χ0v) is 51.7. The van der Waals surface area contributed by atoms with Gasteiger partial charge in [-0.3, -0.25) is 47.9 Å². The van der Waals surface area contributed by atoms with Crippen LogP contribution in [0.5, 0.6) is 0 Å². The Balaban J connectivity index is 6.94. The molecule has 0 bridgehead atoms. The number of Topliss-reactive ketones (excluding diaryl/α,β-unsaturated/α-hetero) is 1. The molecule has 0 saturated carbocycles. The Bertz CT molecular complexity index is 1810. The Labute approximate surface area is 502 Å². The number of hydrogen-bond donors (Lipinski definition) is 4. The van der Waals surface area contributed by atoms with E-state index in [9.17, 15) is 52.7 Å². The molecular formula is C55H94N4O27. The average molecular weight is 1240 g/mol. The van der Waals surface area contributed by atoms with Crippen LogP contribution in [0.3, 0.4) is 0 Å². The number of rotatable bonds is 52. The first-order chi connectivity index (χ1) is 40.8. The number of ether oxygens (including phenoxy) is 16. The van der Waals surface area contributed by atoms with Crippen LogP contribution in [0, 0.1) is 0 Å². The van der Waals surface area contributed by atoms with Crippen molar-refractivity contribution < 1.29 is 129 Å². The van der Waals surface area contributed by atoms with Crippen LogP contribution >= 0.6 is 0 Å². The second-order valence-electron chi connectivity index (χ2n) is 20.4. The first-order valence-corrected chi connectivity index (χ1v) is 27.8. The quantitative estimate of drug-likeness (QED) is 0.0357. The van der Waals surface area contributed by atoms with E-state index in [1.807, 2.05) is 0 Å². The standard InChI is InChI=1S/C55H94N4O27/c1-41(60)13-23-77-32-53(57-42(61)12-11-22-56-51(70)86-52(2,3)4,33-78-24-14-43(62)58-54(35-80-26-16-45(64)71-5,36-81-27-17-46(65)72-6)37-82-28-18-47(66)73-7)34-79-25-15-44(63)59-55(38-83-29-19-48(67)74-8,39-84-30-20-49(68)75-9)40-85-31-21-50(69)76-10/h11-40H2,1-10H3,(H,56,70)(H,57,61)(H,58,62)(H,59,63). The minimum absolute atomic E-state index is 0.00232. The molecular weight excluding hydrogens is 1150 g/mol. The highest BCUT2D eigenvalue weighted by atomic mass is 16.6. The van der Waals surface area contributed by atoms with Crippen molar-refractivity contribution in [2.24, 2.45) is 0 Å². The first-order valence-electron chi connectivity index (χ1n) is 27.8. The van der Waals surface area contributed by atoms with Gasteiger partial charge in [-0.2, -0.15) is 0 Å². The Morgan fingerprint density at radius 3 is 0.756 bits per heavy atom. The minimum atomic E-state index is -1.57. The van der Waals surface area contributed by atoms with Gasteiger partial charge in [-0.15, -0.1) is 0 Å². The van der Waals surface area contributed by atoms with E-state index in [-0.39, 0.29) is 202 Å². The van der Waals surface area contributed by atoms with Crippen molar-refractivity contribution in [3.63, 3.8) is 0 Å². The van der Waals surface area contributed by atoms with E-state index in [0.29, 0.717) is 0 Å². The third-order valence-electron chi connectivity index (χ3n) is 11.5. The van der Waals surface area contributed by atoms with Crippen molar-refractivity contribution in [2.75, 3.05) is 168 Å². The predicted octanol–water partition coefficient (Wildman–Crippen LogP) is 0.144. The first kappa shape index (κ1) is 79.8. The second-order valence-corrected chi connectivity index (χ2v) is 20.4. The zero-order valence-electron chi connectivity index (χ0n) is 51.7. The summed E-state index contributed by atoms with van der Waals surface area (Å²) in [6.07, 6.45) is -2.19. The molecule has 0 aromatic rings. The van der Waals surface area contributed by atoms with E-state index < -0.39 is 81.8 Å². The normalized spacial score (nSPS) is 11.6. The fourth-order valence-corrected chi connectivity index (χ4v) is 7.03. The van der Waals surface area contributed by atoms with Crippen LogP contribution in [-0.4, -0.2) is 256 Å². The van der Waals surface area contributed by atoms with Crippen molar-refractivity contribution in [2.45, 2.75) is 121 Å². The van der Waals surface area contributed by atoms with Gasteiger partial charge >= 0.3 is 41.9 Å².